The van der Waals surface area contributed by atoms with Gasteiger partial charge in [-0.1, -0.05) is 27.7 Å². The van der Waals surface area contributed by atoms with E-state index in [0.29, 0.717) is 5.92 Å². The number of nitrogens with one attached hydrogen (secondary N) is 1. The highest BCUT2D eigenvalue weighted by molar-refractivity contribution is 5.32. The minimum Gasteiger partial charge on any atom is -0.316 e. The molecule has 0 saturated carbocycles. The zero-order chi connectivity index (χ0) is 15.4. The fourth-order valence-corrected chi connectivity index (χ4v) is 2.26. The van der Waals surface area contributed by atoms with Crippen LogP contribution >= 0.6 is 0 Å². The maximum atomic E-state index is 4.77. The molecule has 5 nitrogen and oxygen atoms in total. The lowest BCUT2D eigenvalue weighted by Gasteiger charge is -2.12. The molecule has 0 amide bonds. The molecule has 114 valence electrons. The second-order valence-corrected chi connectivity index (χ2v) is 5.51. The van der Waals surface area contributed by atoms with Crippen LogP contribution in [0.25, 0.3) is 5.82 Å². The van der Waals surface area contributed by atoms with E-state index >= 15 is 0 Å². The summed E-state index contributed by atoms with van der Waals surface area (Å²) in [7, 11) is 1.96. The van der Waals surface area contributed by atoms with E-state index in [4.69, 9.17) is 4.98 Å². The molecule has 0 saturated heterocycles. The number of nitrogens with zero attached hydrogens (tertiary/aromatic N) is 4. The van der Waals surface area contributed by atoms with Crippen molar-refractivity contribution in [2.75, 3.05) is 7.05 Å². The van der Waals surface area contributed by atoms with Crippen LogP contribution in [0.5, 0.6) is 0 Å². The maximum absolute atomic E-state index is 4.77. The number of rotatable bonds is 6. The predicted octanol–water partition coefficient (Wildman–Crippen LogP) is 2.63. The molecule has 2 heterocycles. The first-order valence-corrected chi connectivity index (χ1v) is 7.69. The normalized spacial score (nSPS) is 11.3. The molecule has 0 bridgehead atoms. The molecule has 0 aliphatic rings. The van der Waals surface area contributed by atoms with Crippen molar-refractivity contribution in [1.29, 1.82) is 0 Å². The summed E-state index contributed by atoms with van der Waals surface area (Å²) in [4.78, 5) is 9.34. The van der Waals surface area contributed by atoms with Gasteiger partial charge in [0, 0.05) is 25.1 Å². The highest BCUT2D eigenvalue weighted by Crippen LogP contribution is 2.18. The summed E-state index contributed by atoms with van der Waals surface area (Å²) in [5.74, 6) is 3.10. The van der Waals surface area contributed by atoms with Gasteiger partial charge >= 0.3 is 0 Å². The van der Waals surface area contributed by atoms with Crippen molar-refractivity contribution in [3.63, 3.8) is 0 Å². The van der Waals surface area contributed by atoms with Crippen LogP contribution in [0.3, 0.4) is 0 Å². The van der Waals surface area contributed by atoms with Gasteiger partial charge in [0.1, 0.15) is 5.82 Å². The Morgan fingerprint density at radius 3 is 2.48 bits per heavy atom. The van der Waals surface area contributed by atoms with Gasteiger partial charge in [-0.25, -0.2) is 9.97 Å². The molecule has 0 fully saturated rings. The molecule has 2 aromatic heterocycles. The fraction of sp³-hybridized carbons (Fsp3) is 0.562. The minimum atomic E-state index is 0.389. The quantitative estimate of drug-likeness (QED) is 0.887. The van der Waals surface area contributed by atoms with Gasteiger partial charge in [0.05, 0.1) is 0 Å². The summed E-state index contributed by atoms with van der Waals surface area (Å²) in [6.07, 6.45) is 1.69. The van der Waals surface area contributed by atoms with Crippen LogP contribution in [0.4, 0.5) is 0 Å². The van der Waals surface area contributed by atoms with Gasteiger partial charge in [0.2, 0.25) is 0 Å². The summed E-state index contributed by atoms with van der Waals surface area (Å²) < 4.78 is 1.89. The van der Waals surface area contributed by atoms with Crippen molar-refractivity contribution in [3.8, 4) is 5.82 Å². The van der Waals surface area contributed by atoms with Crippen LogP contribution < -0.4 is 5.32 Å². The van der Waals surface area contributed by atoms with Crippen molar-refractivity contribution in [3.05, 3.63) is 35.0 Å². The van der Waals surface area contributed by atoms with E-state index in [9.17, 15) is 0 Å². The Bertz CT molecular complexity index is 601. The number of hydrogen-bond donors (Lipinski definition) is 1. The van der Waals surface area contributed by atoms with Crippen LogP contribution in [0.1, 0.15) is 56.5 Å². The van der Waals surface area contributed by atoms with Crippen molar-refractivity contribution < 1.29 is 0 Å². The zero-order valence-corrected chi connectivity index (χ0v) is 13.6. The smallest absolute Gasteiger partial charge is 0.156 e. The van der Waals surface area contributed by atoms with E-state index in [0.717, 1.165) is 42.5 Å². The Kier molecular flexibility index (Phi) is 5.07. The molecular weight excluding hydrogens is 262 g/mol. The molecule has 0 radical (unpaired) electrons. The van der Waals surface area contributed by atoms with Crippen LogP contribution in [0.2, 0.25) is 0 Å². The Morgan fingerprint density at radius 2 is 1.90 bits per heavy atom. The number of pyridine rings is 1. The van der Waals surface area contributed by atoms with E-state index in [-0.39, 0.29) is 0 Å². The predicted molar refractivity (Wildman–Crippen MR) is 84.8 cm³/mol. The number of aromatic nitrogens is 4. The molecule has 2 rings (SSSR count). The Morgan fingerprint density at radius 1 is 1.14 bits per heavy atom. The van der Waals surface area contributed by atoms with E-state index < -0.39 is 0 Å². The lowest BCUT2D eigenvalue weighted by molar-refractivity contribution is 0.733. The minimum absolute atomic E-state index is 0.389. The Balaban J connectivity index is 2.53. The topological polar surface area (TPSA) is 55.6 Å². The summed E-state index contributed by atoms with van der Waals surface area (Å²) in [5, 5.41) is 7.79. The van der Waals surface area contributed by atoms with E-state index in [1.165, 1.54) is 5.56 Å². The first kappa shape index (κ1) is 15.6. The average Bonchev–Trinajstić information content (AvgIpc) is 2.90. The summed E-state index contributed by atoms with van der Waals surface area (Å²) in [5.41, 5.74) is 2.31. The van der Waals surface area contributed by atoms with Crippen molar-refractivity contribution in [1.82, 2.24) is 25.1 Å². The molecule has 0 atom stereocenters. The molecule has 21 heavy (non-hydrogen) atoms. The molecule has 1 N–H and O–H groups in total. The van der Waals surface area contributed by atoms with Gasteiger partial charge in [-0.15, -0.1) is 5.10 Å². The lowest BCUT2D eigenvalue weighted by Crippen LogP contribution is -2.11. The van der Waals surface area contributed by atoms with Crippen LogP contribution in [-0.4, -0.2) is 26.8 Å². The molecule has 2 aromatic rings. The molecule has 0 aliphatic heterocycles. The third-order valence-electron chi connectivity index (χ3n) is 3.43. The summed E-state index contributed by atoms with van der Waals surface area (Å²) in [6, 6.07) is 4.25. The van der Waals surface area contributed by atoms with E-state index in [1.807, 2.05) is 11.7 Å². The Labute approximate surface area is 126 Å². The number of aryl methyl sites for hydroxylation is 2. The molecular formula is C16H25N5. The largest absolute Gasteiger partial charge is 0.316 e. The average molecular weight is 287 g/mol. The number of hydrogen-bond acceptors (Lipinski definition) is 4. The molecule has 0 aliphatic carbocycles. The highest BCUT2D eigenvalue weighted by Gasteiger charge is 2.13. The van der Waals surface area contributed by atoms with Crippen molar-refractivity contribution >= 4 is 0 Å². The van der Waals surface area contributed by atoms with Gasteiger partial charge in [0.15, 0.2) is 11.6 Å². The third-order valence-corrected chi connectivity index (χ3v) is 3.43. The van der Waals surface area contributed by atoms with Gasteiger partial charge in [-0.3, -0.25) is 0 Å². The first-order valence-electron chi connectivity index (χ1n) is 7.69. The molecule has 0 unspecified atom stereocenters. The van der Waals surface area contributed by atoms with Crippen LogP contribution in [-0.2, 0) is 19.4 Å². The zero-order valence-electron chi connectivity index (χ0n) is 13.6. The lowest BCUT2D eigenvalue weighted by atomic mass is 10.1. The second kappa shape index (κ2) is 6.80. The van der Waals surface area contributed by atoms with Crippen molar-refractivity contribution in [2.45, 2.75) is 53.0 Å². The second-order valence-electron chi connectivity index (χ2n) is 5.51. The third kappa shape index (κ3) is 3.47. The van der Waals surface area contributed by atoms with E-state index in [2.05, 4.69) is 55.2 Å². The monoisotopic (exact) mass is 287 g/mol. The fourth-order valence-electron chi connectivity index (χ4n) is 2.26. The molecule has 5 heteroatoms. The summed E-state index contributed by atoms with van der Waals surface area (Å²) in [6.45, 7) is 9.32. The van der Waals surface area contributed by atoms with Crippen LogP contribution in [0, 0.1) is 0 Å². The standard InChI is InChI=1S/C16H25N5/c1-6-14-19-15(7-2)21(20-14)16-9-12(10-17-5)8-13(18-16)11(3)4/h8-9,11,17H,6-7,10H2,1-5H3. The van der Waals surface area contributed by atoms with Crippen molar-refractivity contribution in [2.24, 2.45) is 0 Å². The van der Waals surface area contributed by atoms with Gasteiger partial charge in [-0.2, -0.15) is 4.68 Å². The Hall–Kier alpha value is -1.75. The van der Waals surface area contributed by atoms with Gasteiger partial charge < -0.3 is 5.32 Å². The van der Waals surface area contributed by atoms with Gasteiger partial charge in [-0.05, 0) is 30.7 Å². The molecule has 0 aromatic carbocycles. The highest BCUT2D eigenvalue weighted by atomic mass is 15.4. The van der Waals surface area contributed by atoms with E-state index in [1.54, 1.807) is 0 Å². The molecule has 0 spiro atoms. The van der Waals surface area contributed by atoms with Crippen LogP contribution in [0.15, 0.2) is 12.1 Å². The summed E-state index contributed by atoms with van der Waals surface area (Å²) >= 11 is 0. The first-order chi connectivity index (χ1) is 10.1. The maximum Gasteiger partial charge on any atom is 0.156 e. The SMILES string of the molecule is CCc1nc(CC)n(-c2cc(CNC)cc(C(C)C)n2)n1. The van der Waals surface area contributed by atoms with Gasteiger partial charge in [0.25, 0.3) is 0 Å².